The highest BCUT2D eigenvalue weighted by molar-refractivity contribution is 5.94. The number of aliphatic imine (C=N–C) groups is 2. The normalized spacial score (nSPS) is 11.4. The third-order valence-corrected chi connectivity index (χ3v) is 1.91. The molecule has 0 radical (unpaired) electrons. The van der Waals surface area contributed by atoms with E-state index in [0.29, 0.717) is 12.0 Å². The molecule has 0 aliphatic carbocycles. The van der Waals surface area contributed by atoms with Crippen molar-refractivity contribution in [2.45, 2.75) is 33.2 Å². The maximum absolute atomic E-state index is 4.56. The monoisotopic (exact) mass is 241 g/mol. The van der Waals surface area contributed by atoms with Gasteiger partial charge in [-0.1, -0.05) is 6.92 Å². The van der Waals surface area contributed by atoms with Gasteiger partial charge in [-0.3, -0.25) is 4.99 Å². The summed E-state index contributed by atoms with van der Waals surface area (Å²) >= 11 is 0. The van der Waals surface area contributed by atoms with Crippen molar-refractivity contribution in [3.05, 3.63) is 0 Å². The molecule has 0 aliphatic heterocycles. The van der Waals surface area contributed by atoms with Gasteiger partial charge >= 0.3 is 0 Å². The van der Waals surface area contributed by atoms with Gasteiger partial charge in [0.2, 0.25) is 11.9 Å². The lowest BCUT2D eigenvalue weighted by atomic mass is 10.4. The van der Waals surface area contributed by atoms with Gasteiger partial charge in [0.25, 0.3) is 0 Å². The largest absolute Gasteiger partial charge is 0.352 e. The molecule has 0 bridgehead atoms. The number of guanidine groups is 2. The fraction of sp³-hybridized carbons (Fsp3) is 0.833. The lowest BCUT2D eigenvalue weighted by Gasteiger charge is -2.23. The Morgan fingerprint density at radius 2 is 1.65 bits per heavy atom. The third kappa shape index (κ3) is 6.81. The van der Waals surface area contributed by atoms with Crippen LogP contribution in [0.3, 0.4) is 0 Å². The molecule has 5 heteroatoms. The second kappa shape index (κ2) is 7.92. The van der Waals surface area contributed by atoms with Crippen LogP contribution in [-0.2, 0) is 0 Å². The van der Waals surface area contributed by atoms with E-state index in [9.17, 15) is 0 Å². The molecule has 0 fully saturated rings. The minimum Gasteiger partial charge on any atom is -0.352 e. The van der Waals surface area contributed by atoms with E-state index in [2.05, 4.69) is 36.1 Å². The van der Waals surface area contributed by atoms with Crippen LogP contribution >= 0.6 is 0 Å². The Kier molecular flexibility index (Phi) is 7.34. The zero-order valence-electron chi connectivity index (χ0n) is 12.3. The van der Waals surface area contributed by atoms with E-state index in [0.717, 1.165) is 18.9 Å². The van der Waals surface area contributed by atoms with Crippen molar-refractivity contribution in [3.63, 3.8) is 0 Å². The molecular weight excluding hydrogens is 214 g/mol. The van der Waals surface area contributed by atoms with Gasteiger partial charge in [0.05, 0.1) is 0 Å². The van der Waals surface area contributed by atoms with Crippen LogP contribution < -0.4 is 5.32 Å². The Bertz CT molecular complexity index is 256. The molecule has 1 N–H and O–H groups in total. The second-order valence-corrected chi connectivity index (χ2v) is 4.71. The zero-order valence-corrected chi connectivity index (χ0v) is 12.3. The number of rotatable bonds is 3. The van der Waals surface area contributed by atoms with E-state index in [1.165, 1.54) is 0 Å². The van der Waals surface area contributed by atoms with Crippen LogP contribution in [0, 0.1) is 0 Å². The summed E-state index contributed by atoms with van der Waals surface area (Å²) < 4.78 is 0. The summed E-state index contributed by atoms with van der Waals surface area (Å²) in [5.74, 6) is 1.59. The Morgan fingerprint density at radius 1 is 1.12 bits per heavy atom. The van der Waals surface area contributed by atoms with Gasteiger partial charge in [-0.2, -0.15) is 4.99 Å². The summed E-state index contributed by atoms with van der Waals surface area (Å²) in [5.41, 5.74) is 0. The Morgan fingerprint density at radius 3 is 2.00 bits per heavy atom. The molecule has 0 heterocycles. The first-order valence-electron chi connectivity index (χ1n) is 6.12. The minimum absolute atomic E-state index is 0.333. The maximum atomic E-state index is 4.56. The standard InChI is InChI=1S/C12H27N5/c1-8-9-13-11(14-10(2)3)15-12(16(4)5)17(6)7/h10H,8-9H2,1-7H3,(H,13,14). The van der Waals surface area contributed by atoms with Crippen molar-refractivity contribution in [1.82, 2.24) is 15.1 Å². The minimum atomic E-state index is 0.333. The average molecular weight is 241 g/mol. The number of hydrogen-bond donors (Lipinski definition) is 1. The van der Waals surface area contributed by atoms with Crippen molar-refractivity contribution in [2.75, 3.05) is 34.7 Å². The fourth-order valence-corrected chi connectivity index (χ4v) is 1.28. The Balaban J connectivity index is 4.96. The molecule has 0 aromatic rings. The van der Waals surface area contributed by atoms with E-state index in [-0.39, 0.29) is 0 Å². The number of nitrogens with zero attached hydrogens (tertiary/aromatic N) is 4. The lowest BCUT2D eigenvalue weighted by Crippen LogP contribution is -2.39. The molecule has 0 aromatic heterocycles. The van der Waals surface area contributed by atoms with Crippen LogP contribution in [-0.4, -0.2) is 62.5 Å². The first-order chi connectivity index (χ1) is 7.88. The number of hydrogen-bond acceptors (Lipinski definition) is 1. The summed E-state index contributed by atoms with van der Waals surface area (Å²) in [7, 11) is 7.91. The van der Waals surface area contributed by atoms with E-state index in [1.54, 1.807) is 0 Å². The van der Waals surface area contributed by atoms with E-state index < -0.39 is 0 Å². The maximum Gasteiger partial charge on any atom is 0.221 e. The predicted octanol–water partition coefficient (Wildman–Crippen LogP) is 1.23. The summed E-state index contributed by atoms with van der Waals surface area (Å²) in [5, 5.41) is 3.26. The Hall–Kier alpha value is -1.26. The molecular formula is C12H27N5. The molecule has 0 atom stereocenters. The van der Waals surface area contributed by atoms with Crippen LogP contribution in [0.15, 0.2) is 9.98 Å². The van der Waals surface area contributed by atoms with Crippen LogP contribution in [0.2, 0.25) is 0 Å². The van der Waals surface area contributed by atoms with Crippen molar-refractivity contribution < 1.29 is 0 Å². The van der Waals surface area contributed by atoms with Gasteiger partial charge in [0.1, 0.15) is 0 Å². The lowest BCUT2D eigenvalue weighted by molar-refractivity contribution is 0.484. The third-order valence-electron chi connectivity index (χ3n) is 1.91. The quantitative estimate of drug-likeness (QED) is 0.597. The highest BCUT2D eigenvalue weighted by atomic mass is 15.4. The van der Waals surface area contributed by atoms with E-state index in [1.807, 2.05) is 38.0 Å². The van der Waals surface area contributed by atoms with Gasteiger partial charge in [-0.05, 0) is 20.3 Å². The van der Waals surface area contributed by atoms with Crippen LogP contribution in [0.4, 0.5) is 0 Å². The molecule has 17 heavy (non-hydrogen) atoms. The summed E-state index contributed by atoms with van der Waals surface area (Å²) in [4.78, 5) is 13.0. The Labute approximate surface area is 106 Å². The van der Waals surface area contributed by atoms with Crippen LogP contribution in [0.5, 0.6) is 0 Å². The number of nitrogens with one attached hydrogen (secondary N) is 1. The molecule has 0 spiro atoms. The summed E-state index contributed by atoms with van der Waals surface area (Å²) in [6.45, 7) is 7.08. The zero-order chi connectivity index (χ0) is 13.4. The summed E-state index contributed by atoms with van der Waals surface area (Å²) in [6, 6.07) is 0.333. The second-order valence-electron chi connectivity index (χ2n) is 4.71. The van der Waals surface area contributed by atoms with Gasteiger partial charge in [0, 0.05) is 40.8 Å². The predicted molar refractivity (Wildman–Crippen MR) is 75.7 cm³/mol. The molecule has 0 saturated carbocycles. The first kappa shape index (κ1) is 15.7. The molecule has 0 saturated heterocycles. The molecule has 100 valence electrons. The topological polar surface area (TPSA) is 43.2 Å². The van der Waals surface area contributed by atoms with Crippen LogP contribution in [0.1, 0.15) is 27.2 Å². The van der Waals surface area contributed by atoms with E-state index in [4.69, 9.17) is 0 Å². The van der Waals surface area contributed by atoms with Crippen molar-refractivity contribution in [1.29, 1.82) is 0 Å². The van der Waals surface area contributed by atoms with E-state index >= 15 is 0 Å². The van der Waals surface area contributed by atoms with Gasteiger partial charge < -0.3 is 15.1 Å². The van der Waals surface area contributed by atoms with Crippen molar-refractivity contribution >= 4 is 11.9 Å². The molecule has 0 aromatic carbocycles. The van der Waals surface area contributed by atoms with Crippen LogP contribution in [0.25, 0.3) is 0 Å². The first-order valence-corrected chi connectivity index (χ1v) is 6.12. The highest BCUT2D eigenvalue weighted by Crippen LogP contribution is 1.93. The van der Waals surface area contributed by atoms with Crippen molar-refractivity contribution in [3.8, 4) is 0 Å². The molecule has 5 nitrogen and oxygen atoms in total. The molecule has 0 aliphatic rings. The van der Waals surface area contributed by atoms with Crippen molar-refractivity contribution in [2.24, 2.45) is 9.98 Å². The molecule has 0 amide bonds. The smallest absolute Gasteiger partial charge is 0.221 e. The molecule has 0 unspecified atom stereocenters. The van der Waals surface area contributed by atoms with Gasteiger partial charge in [0.15, 0.2) is 0 Å². The SMILES string of the molecule is CCC/N=C(\N=C(N(C)C)N(C)C)NC(C)C. The fourth-order valence-electron chi connectivity index (χ4n) is 1.28. The average Bonchev–Trinajstić information content (AvgIpc) is 2.20. The highest BCUT2D eigenvalue weighted by Gasteiger charge is 2.07. The van der Waals surface area contributed by atoms with Gasteiger partial charge in [-0.25, -0.2) is 0 Å². The van der Waals surface area contributed by atoms with Gasteiger partial charge in [-0.15, -0.1) is 0 Å². The molecule has 0 rings (SSSR count). The summed E-state index contributed by atoms with van der Waals surface area (Å²) in [6.07, 6.45) is 1.03.